The number of carbonyl (C=O) groups excluding carboxylic acids is 1. The van der Waals surface area contributed by atoms with Crippen molar-refractivity contribution in [2.75, 3.05) is 39.4 Å². The van der Waals surface area contributed by atoms with Crippen molar-refractivity contribution in [1.82, 2.24) is 0 Å². The molecule has 9 nitrogen and oxygen atoms in total. The fourth-order valence-electron chi connectivity index (χ4n) is 3.87. The fourth-order valence-corrected chi connectivity index (χ4v) is 3.87. The minimum absolute atomic E-state index is 0.202. The molecule has 1 amide bonds. The van der Waals surface area contributed by atoms with Crippen molar-refractivity contribution in [1.29, 1.82) is 0 Å². The highest BCUT2D eigenvalue weighted by atomic mass is 16.6. The monoisotopic (exact) mass is 489 g/mol. The van der Waals surface area contributed by atoms with Gasteiger partial charge in [-0.05, 0) is 42.0 Å². The second-order valence-corrected chi connectivity index (χ2v) is 7.90. The molecular weight excluding hydrogens is 466 g/mol. The van der Waals surface area contributed by atoms with Crippen LogP contribution >= 0.6 is 0 Å². The summed E-state index contributed by atoms with van der Waals surface area (Å²) in [4.78, 5) is 25.5. The Labute approximate surface area is 206 Å². The van der Waals surface area contributed by atoms with Gasteiger partial charge in [-0.2, -0.15) is 0 Å². The minimum atomic E-state index is -0.350. The molecule has 0 radical (unpaired) electrons. The molecule has 0 aliphatic carbocycles. The smallest absolute Gasteiger partial charge is 0.262 e. The van der Waals surface area contributed by atoms with E-state index in [4.69, 9.17) is 28.1 Å². The van der Waals surface area contributed by atoms with Crippen molar-refractivity contribution in [3.63, 3.8) is 0 Å². The van der Waals surface area contributed by atoms with Crippen LogP contribution in [0.4, 0.5) is 5.69 Å². The first-order valence-corrected chi connectivity index (χ1v) is 11.2. The third kappa shape index (κ3) is 4.63. The molecule has 3 aromatic carbocycles. The molecule has 0 saturated carbocycles. The van der Waals surface area contributed by atoms with Crippen molar-refractivity contribution < 1.29 is 32.9 Å². The lowest BCUT2D eigenvalue weighted by Crippen LogP contribution is -2.20. The van der Waals surface area contributed by atoms with Crippen molar-refractivity contribution in [2.24, 2.45) is 0 Å². The minimum Gasteiger partial charge on any atom is -0.493 e. The molecule has 0 saturated heterocycles. The molecule has 1 aliphatic rings. The summed E-state index contributed by atoms with van der Waals surface area (Å²) >= 11 is 0. The number of carbonyl (C=O) groups is 1. The standard InChI is InChI=1S/C27H23NO8/c1-31-21-7-3-16(11-24(21)32-2)20-14-36-23-13-18(5-6-19(23)27(20)30)35-15-26(29)28-17-4-8-22-25(12-17)34-10-9-33-22/h3-8,11-14H,9-10,15H2,1-2H3,(H,28,29). The van der Waals surface area contributed by atoms with Crippen LogP contribution in [0.2, 0.25) is 0 Å². The Kier molecular flexibility index (Phi) is 6.36. The average molecular weight is 489 g/mol. The molecule has 0 spiro atoms. The van der Waals surface area contributed by atoms with E-state index in [1.807, 2.05) is 0 Å². The zero-order valence-corrected chi connectivity index (χ0v) is 19.7. The van der Waals surface area contributed by atoms with Crippen molar-refractivity contribution in [3.8, 4) is 39.9 Å². The number of nitrogens with one attached hydrogen (secondary N) is 1. The summed E-state index contributed by atoms with van der Waals surface area (Å²) in [5.41, 5.74) is 1.73. The highest BCUT2D eigenvalue weighted by Gasteiger charge is 2.15. The average Bonchev–Trinajstić information content (AvgIpc) is 2.91. The number of rotatable bonds is 7. The molecule has 0 unspecified atom stereocenters. The van der Waals surface area contributed by atoms with Crippen molar-refractivity contribution in [3.05, 3.63) is 71.1 Å². The Bertz CT molecular complexity index is 1490. The third-order valence-electron chi connectivity index (χ3n) is 5.64. The van der Waals surface area contributed by atoms with Gasteiger partial charge in [-0.3, -0.25) is 9.59 Å². The second kappa shape index (κ2) is 9.91. The number of fused-ring (bicyclic) bond motifs is 2. The highest BCUT2D eigenvalue weighted by Crippen LogP contribution is 2.33. The van der Waals surface area contributed by atoms with E-state index in [2.05, 4.69) is 5.32 Å². The molecule has 36 heavy (non-hydrogen) atoms. The first-order chi connectivity index (χ1) is 17.6. The highest BCUT2D eigenvalue weighted by molar-refractivity contribution is 5.92. The summed E-state index contributed by atoms with van der Waals surface area (Å²) in [5.74, 6) is 2.33. The van der Waals surface area contributed by atoms with Gasteiger partial charge in [0.25, 0.3) is 5.91 Å². The molecule has 9 heteroatoms. The summed E-state index contributed by atoms with van der Waals surface area (Å²) in [6.45, 7) is 0.727. The van der Waals surface area contributed by atoms with E-state index in [9.17, 15) is 9.59 Å². The Morgan fingerprint density at radius 1 is 0.917 bits per heavy atom. The molecular formula is C27H23NO8. The summed E-state index contributed by atoms with van der Waals surface area (Å²) in [6, 6.07) is 15.2. The maximum Gasteiger partial charge on any atom is 0.262 e. The lowest BCUT2D eigenvalue weighted by molar-refractivity contribution is -0.118. The predicted octanol–water partition coefficient (Wildman–Crippen LogP) is 4.27. The molecule has 0 fully saturated rings. The van der Waals surface area contributed by atoms with Crippen LogP contribution in [0.5, 0.6) is 28.7 Å². The van der Waals surface area contributed by atoms with Gasteiger partial charge in [0.05, 0.1) is 25.2 Å². The van der Waals surface area contributed by atoms with Gasteiger partial charge >= 0.3 is 0 Å². The van der Waals surface area contributed by atoms with Crippen LogP contribution < -0.4 is 34.4 Å². The molecule has 1 N–H and O–H groups in total. The second-order valence-electron chi connectivity index (χ2n) is 7.90. The van der Waals surface area contributed by atoms with Crippen LogP contribution in [0.25, 0.3) is 22.1 Å². The van der Waals surface area contributed by atoms with E-state index in [-0.39, 0.29) is 17.9 Å². The largest absolute Gasteiger partial charge is 0.493 e. The zero-order valence-electron chi connectivity index (χ0n) is 19.7. The van der Waals surface area contributed by atoms with E-state index >= 15 is 0 Å². The quantitative estimate of drug-likeness (QED) is 0.411. The van der Waals surface area contributed by atoms with E-state index in [0.29, 0.717) is 69.7 Å². The fraction of sp³-hybridized carbons (Fsp3) is 0.185. The first kappa shape index (κ1) is 23.1. The van der Waals surface area contributed by atoms with Crippen LogP contribution in [0, 0.1) is 0 Å². The Hall–Kier alpha value is -4.66. The maximum atomic E-state index is 13.1. The number of anilines is 1. The van der Waals surface area contributed by atoms with Gasteiger partial charge in [0.15, 0.2) is 35.0 Å². The lowest BCUT2D eigenvalue weighted by atomic mass is 10.0. The van der Waals surface area contributed by atoms with Gasteiger partial charge in [0, 0.05) is 17.8 Å². The van der Waals surface area contributed by atoms with Gasteiger partial charge in [-0.15, -0.1) is 0 Å². The predicted molar refractivity (Wildman–Crippen MR) is 133 cm³/mol. The lowest BCUT2D eigenvalue weighted by Gasteiger charge is -2.19. The molecule has 4 aromatic rings. The number of benzene rings is 3. The van der Waals surface area contributed by atoms with Crippen LogP contribution in [0.1, 0.15) is 0 Å². The first-order valence-electron chi connectivity index (χ1n) is 11.2. The Morgan fingerprint density at radius 3 is 2.53 bits per heavy atom. The molecule has 2 heterocycles. The van der Waals surface area contributed by atoms with Crippen LogP contribution in [-0.4, -0.2) is 39.9 Å². The number of hydrogen-bond donors (Lipinski definition) is 1. The summed E-state index contributed by atoms with van der Waals surface area (Å²) in [7, 11) is 3.08. The number of methoxy groups -OCH3 is 2. The van der Waals surface area contributed by atoms with E-state index in [1.54, 1.807) is 61.7 Å². The van der Waals surface area contributed by atoms with Gasteiger partial charge in [0.1, 0.15) is 30.8 Å². The Balaban J connectivity index is 1.29. The van der Waals surface area contributed by atoms with Gasteiger partial charge in [0.2, 0.25) is 0 Å². The molecule has 5 rings (SSSR count). The SMILES string of the molecule is COc1ccc(-c2coc3cc(OCC(=O)Nc4ccc5c(c4)OCCO5)ccc3c2=O)cc1OC. The molecule has 1 aliphatic heterocycles. The van der Waals surface area contributed by atoms with Crippen LogP contribution in [0.3, 0.4) is 0 Å². The molecule has 1 aromatic heterocycles. The van der Waals surface area contributed by atoms with Gasteiger partial charge < -0.3 is 33.4 Å². The maximum absolute atomic E-state index is 13.1. The zero-order chi connectivity index (χ0) is 25.1. The third-order valence-corrected chi connectivity index (χ3v) is 5.64. The van der Waals surface area contributed by atoms with Crippen molar-refractivity contribution in [2.45, 2.75) is 0 Å². The summed E-state index contributed by atoms with van der Waals surface area (Å²) in [5, 5.41) is 3.14. The molecule has 184 valence electrons. The topological polar surface area (TPSA) is 105 Å². The number of hydrogen-bond acceptors (Lipinski definition) is 8. The summed E-state index contributed by atoms with van der Waals surface area (Å²) < 4.78 is 32.9. The van der Waals surface area contributed by atoms with Gasteiger partial charge in [-0.25, -0.2) is 0 Å². The van der Waals surface area contributed by atoms with Crippen LogP contribution in [0.15, 0.2) is 70.1 Å². The van der Waals surface area contributed by atoms with Crippen LogP contribution in [-0.2, 0) is 4.79 Å². The van der Waals surface area contributed by atoms with E-state index in [0.717, 1.165) is 0 Å². The Morgan fingerprint density at radius 2 is 1.72 bits per heavy atom. The molecule has 0 atom stereocenters. The van der Waals surface area contributed by atoms with E-state index < -0.39 is 0 Å². The molecule has 0 bridgehead atoms. The van der Waals surface area contributed by atoms with E-state index in [1.165, 1.54) is 13.4 Å². The number of amides is 1. The van der Waals surface area contributed by atoms with Crippen molar-refractivity contribution >= 4 is 22.6 Å². The normalized spacial score (nSPS) is 12.2. The summed E-state index contributed by atoms with van der Waals surface area (Å²) in [6.07, 6.45) is 1.39. The number of ether oxygens (including phenoxy) is 5. The van der Waals surface area contributed by atoms with Gasteiger partial charge in [-0.1, -0.05) is 6.07 Å².